The number of aliphatic hydroxyl groups is 2. The van der Waals surface area contributed by atoms with E-state index in [9.17, 15) is 24.6 Å². The minimum Gasteiger partial charge on any atom is -0.444 e. The number of rotatable bonds is 20. The molecule has 24 heteroatoms. The Morgan fingerprint density at radius 1 is 0.621 bits per heavy atom. The number of nitrogens with zero attached hydrogens (tertiary/aromatic N) is 11. The third-order valence-corrected chi connectivity index (χ3v) is 19.1. The molecular formula is C63H90N14O8Si2. The highest BCUT2D eigenvalue weighted by atomic mass is 28.3. The minimum atomic E-state index is -1.27. The van der Waals surface area contributed by atoms with Crippen LogP contribution >= 0.6 is 0 Å². The molecular weight excluding hydrogens is 1140 g/mol. The SMILES string of the molecule is CC(C)(CO)NC(=O)c1cn(COCC[Si](C)(C)C)c2ncc(-n3nc(C4CCN(C(=O)OC(C)(C)C)CC4)c4ccccc43)nc12.CC(C)(CO)NC(=O)c1cn(COCC[Si](C)(C)C)c2ncc(-n3nc(C4CCNCC4)c4ccccc43)nc12. The van der Waals surface area contributed by atoms with Gasteiger partial charge in [-0.2, -0.15) is 10.2 Å². The highest BCUT2D eigenvalue weighted by Gasteiger charge is 2.32. The molecule has 8 aromatic rings. The summed E-state index contributed by atoms with van der Waals surface area (Å²) in [5, 5.41) is 41.1. The molecule has 0 spiro atoms. The molecule has 2 aromatic carbocycles. The zero-order valence-corrected chi connectivity index (χ0v) is 55.2. The highest BCUT2D eigenvalue weighted by Crippen LogP contribution is 2.36. The summed E-state index contributed by atoms with van der Waals surface area (Å²) in [6, 6.07) is 18.3. The molecule has 8 heterocycles. The second-order valence-corrected chi connectivity index (χ2v) is 39.2. The van der Waals surface area contributed by atoms with Crippen molar-refractivity contribution >= 4 is 78.2 Å². The number of ether oxygens (including phenoxy) is 3. The number of para-hydroxylation sites is 2. The lowest BCUT2D eigenvalue weighted by Gasteiger charge is -2.33. The van der Waals surface area contributed by atoms with E-state index in [1.807, 2.05) is 71.0 Å². The van der Waals surface area contributed by atoms with Crippen molar-refractivity contribution in [2.45, 2.75) is 167 Å². The van der Waals surface area contributed by atoms with Crippen LogP contribution in [0.2, 0.25) is 51.4 Å². The Bertz CT molecular complexity index is 3720. The molecule has 87 heavy (non-hydrogen) atoms. The van der Waals surface area contributed by atoms with E-state index in [0.29, 0.717) is 77.3 Å². The number of carbonyl (C=O) groups is 3. The smallest absolute Gasteiger partial charge is 0.410 e. The summed E-state index contributed by atoms with van der Waals surface area (Å²) >= 11 is 0. The van der Waals surface area contributed by atoms with Crippen molar-refractivity contribution in [1.29, 1.82) is 0 Å². The van der Waals surface area contributed by atoms with E-state index >= 15 is 0 Å². The van der Waals surface area contributed by atoms with Crippen molar-refractivity contribution in [2.24, 2.45) is 0 Å². The van der Waals surface area contributed by atoms with Gasteiger partial charge in [0.2, 0.25) is 0 Å². The van der Waals surface area contributed by atoms with Crippen molar-refractivity contribution in [3.63, 3.8) is 0 Å². The number of nitrogens with one attached hydrogen (secondary N) is 3. The first kappa shape index (κ1) is 64.5. The summed E-state index contributed by atoms with van der Waals surface area (Å²) < 4.78 is 24.9. The Kier molecular flexibility index (Phi) is 19.6. The standard InChI is InChI=1S/C34H49N7O5Si.C29H41N7O3Si/c1-33(2,3)46-32(44)39-15-13-23(14-16-39)28-24-11-9-10-12-26(24)41(38-28)27-19-35-30-29(36-27)25(31(43)37-34(4,5)21-42)20-40(30)22-45-17-18-47(6,7)8;1-29(2,18-37)33-28(38)22-17-35(19-39-14-15-40(3,4)5)27-26(22)32-24(16-31-27)36-23-9-7-6-8-21(23)25(34-36)20-10-12-30-13-11-20/h9-12,19-20,23,42H,13-18,21-22H2,1-8H3,(H,37,43);6-9,16-17,20,30,37H,10-15,18-19H2,1-5H3,(H,33,38). The highest BCUT2D eigenvalue weighted by molar-refractivity contribution is 6.76. The maximum absolute atomic E-state index is 13.5. The molecule has 0 saturated carbocycles. The van der Waals surface area contributed by atoms with Gasteiger partial charge in [-0.1, -0.05) is 75.7 Å². The van der Waals surface area contributed by atoms with Gasteiger partial charge >= 0.3 is 6.09 Å². The van der Waals surface area contributed by atoms with Gasteiger partial charge in [0.05, 0.1) is 70.2 Å². The van der Waals surface area contributed by atoms with E-state index in [4.69, 9.17) is 44.3 Å². The van der Waals surface area contributed by atoms with Crippen LogP contribution in [0.1, 0.15) is 118 Å². The van der Waals surface area contributed by atoms with E-state index in [0.717, 1.165) is 84.1 Å². The summed E-state index contributed by atoms with van der Waals surface area (Å²) in [5.41, 5.74) is 4.44. The average Bonchev–Trinajstić information content (AvgIpc) is 1.76. The van der Waals surface area contributed by atoms with Crippen LogP contribution in [0.4, 0.5) is 4.79 Å². The second kappa shape index (κ2) is 26.4. The van der Waals surface area contributed by atoms with Crippen LogP contribution in [0.3, 0.4) is 0 Å². The zero-order chi connectivity index (χ0) is 62.6. The van der Waals surface area contributed by atoms with Crippen LogP contribution in [-0.4, -0.2) is 167 Å². The molecule has 0 unspecified atom stereocenters. The molecule has 2 aliphatic rings. The predicted octanol–water partition coefficient (Wildman–Crippen LogP) is 9.75. The predicted molar refractivity (Wildman–Crippen MR) is 344 cm³/mol. The van der Waals surface area contributed by atoms with Crippen molar-refractivity contribution in [3.05, 3.63) is 95.8 Å². The Hall–Kier alpha value is -6.94. The fourth-order valence-corrected chi connectivity index (χ4v) is 12.1. The summed E-state index contributed by atoms with van der Waals surface area (Å²) in [6.45, 7) is 31.1. The first-order chi connectivity index (χ1) is 41.1. The van der Waals surface area contributed by atoms with E-state index in [1.54, 1.807) is 62.1 Å². The molecule has 0 aliphatic carbocycles. The monoisotopic (exact) mass is 1230 g/mol. The number of likely N-dealkylation sites (tertiary alicyclic amines) is 1. The average molecular weight is 1230 g/mol. The third kappa shape index (κ3) is 15.9. The molecule has 6 aromatic heterocycles. The molecule has 5 N–H and O–H groups in total. The van der Waals surface area contributed by atoms with Crippen molar-refractivity contribution in [1.82, 2.24) is 69.5 Å². The maximum atomic E-state index is 13.5. The molecule has 2 aliphatic heterocycles. The molecule has 468 valence electrons. The van der Waals surface area contributed by atoms with Gasteiger partial charge in [0, 0.05) is 77.5 Å². The molecule has 2 saturated heterocycles. The quantitative estimate of drug-likeness (QED) is 0.0352. The minimum absolute atomic E-state index is 0.146. The fourth-order valence-electron chi connectivity index (χ4n) is 10.6. The molecule has 10 rings (SSSR count). The number of piperidine rings is 2. The van der Waals surface area contributed by atoms with Gasteiger partial charge in [0.1, 0.15) is 30.1 Å². The van der Waals surface area contributed by atoms with Crippen LogP contribution in [0.15, 0.2) is 73.3 Å². The summed E-state index contributed by atoms with van der Waals surface area (Å²) in [6.07, 6.45) is 10.2. The fraction of sp³-hybridized carbons (Fsp3) is 0.540. The van der Waals surface area contributed by atoms with Gasteiger partial charge in [0.15, 0.2) is 22.9 Å². The summed E-state index contributed by atoms with van der Waals surface area (Å²) in [4.78, 5) is 60.8. The molecule has 0 radical (unpaired) electrons. The number of fused-ring (bicyclic) bond motifs is 4. The number of hydrogen-bond donors (Lipinski definition) is 5. The normalized spacial score (nSPS) is 15.1. The first-order valence-corrected chi connectivity index (χ1v) is 37.9. The zero-order valence-electron chi connectivity index (χ0n) is 53.2. The van der Waals surface area contributed by atoms with Gasteiger partial charge in [-0.15, -0.1) is 0 Å². The van der Waals surface area contributed by atoms with Crippen LogP contribution in [0.5, 0.6) is 0 Å². The van der Waals surface area contributed by atoms with E-state index in [1.165, 1.54) is 0 Å². The van der Waals surface area contributed by atoms with Crippen LogP contribution in [0, 0.1) is 0 Å². The lowest BCUT2D eigenvalue weighted by molar-refractivity contribution is 0.0204. The lowest BCUT2D eigenvalue weighted by atomic mass is 9.92. The van der Waals surface area contributed by atoms with Crippen molar-refractivity contribution < 1.29 is 38.8 Å². The van der Waals surface area contributed by atoms with Gasteiger partial charge in [-0.05, 0) is 111 Å². The molecule has 22 nitrogen and oxygen atoms in total. The number of aromatic nitrogens is 10. The second-order valence-electron chi connectivity index (χ2n) is 27.9. The number of benzene rings is 2. The third-order valence-electron chi connectivity index (χ3n) is 15.7. The summed E-state index contributed by atoms with van der Waals surface area (Å²) in [5.74, 6) is 0.880. The van der Waals surface area contributed by atoms with E-state index < -0.39 is 32.8 Å². The van der Waals surface area contributed by atoms with E-state index in [2.05, 4.69) is 67.4 Å². The van der Waals surface area contributed by atoms with Gasteiger partial charge in [-0.25, -0.2) is 34.1 Å². The largest absolute Gasteiger partial charge is 0.444 e. The number of carbonyl (C=O) groups excluding carboxylic acids is 3. The Morgan fingerprint density at radius 2 is 1.03 bits per heavy atom. The molecule has 2 fully saturated rings. The lowest BCUT2D eigenvalue weighted by Crippen LogP contribution is -2.46. The van der Waals surface area contributed by atoms with Gasteiger partial charge in [-0.3, -0.25) is 9.59 Å². The number of hydrogen-bond acceptors (Lipinski definition) is 15. The molecule has 0 bridgehead atoms. The maximum Gasteiger partial charge on any atom is 0.410 e. The van der Waals surface area contributed by atoms with Gasteiger partial charge < -0.3 is 54.4 Å². The summed E-state index contributed by atoms with van der Waals surface area (Å²) in [7, 11) is -2.51. The number of aliphatic hydroxyl groups excluding tert-OH is 2. The van der Waals surface area contributed by atoms with Crippen LogP contribution in [0.25, 0.3) is 55.8 Å². The molecule has 3 amide bonds. The number of amides is 3. The topological polar surface area (TPSA) is 256 Å². The van der Waals surface area contributed by atoms with Crippen LogP contribution < -0.4 is 16.0 Å². The Labute approximate surface area is 511 Å². The van der Waals surface area contributed by atoms with Crippen molar-refractivity contribution in [2.75, 3.05) is 52.6 Å². The first-order valence-electron chi connectivity index (χ1n) is 30.5. The molecule has 0 atom stereocenters. The Morgan fingerprint density at radius 3 is 1.44 bits per heavy atom. The van der Waals surface area contributed by atoms with E-state index in [-0.39, 0.29) is 50.5 Å². The van der Waals surface area contributed by atoms with Crippen molar-refractivity contribution in [3.8, 4) is 11.6 Å². The van der Waals surface area contributed by atoms with Crippen LogP contribution in [-0.2, 0) is 27.7 Å². The Balaban J connectivity index is 0.000000210. The van der Waals surface area contributed by atoms with Gasteiger partial charge in [0.25, 0.3) is 11.8 Å².